The average molecular weight is 466 g/mol. The van der Waals surface area contributed by atoms with Gasteiger partial charge >= 0.3 is 0 Å². The predicted octanol–water partition coefficient (Wildman–Crippen LogP) is 2.74. The van der Waals surface area contributed by atoms with Crippen LogP contribution in [0.15, 0.2) is 105 Å². The van der Waals surface area contributed by atoms with Crippen molar-refractivity contribution in [2.24, 2.45) is 10.2 Å². The number of ether oxygens (including phenoxy) is 4. The van der Waals surface area contributed by atoms with E-state index in [4.69, 9.17) is 18.9 Å². The van der Waals surface area contributed by atoms with Crippen LogP contribution in [0.1, 0.15) is 0 Å². The first-order chi connectivity index (χ1) is 16.3. The summed E-state index contributed by atoms with van der Waals surface area (Å²) in [5, 5.41) is 7.84. The number of carbonyl (C=O) groups excluding carboxylic acids is 4. The number of ketones is 4. The van der Waals surface area contributed by atoms with Crippen molar-refractivity contribution in [2.45, 2.75) is 0 Å². The monoisotopic (exact) mass is 466 g/mol. The van der Waals surface area contributed by atoms with E-state index in [0.29, 0.717) is 11.1 Å². The van der Waals surface area contributed by atoms with Gasteiger partial charge in [0.2, 0.25) is 0 Å². The molecular formula is C24H22N2O8. The van der Waals surface area contributed by atoms with E-state index in [1.54, 1.807) is 0 Å². The smallest absolute Gasteiger partial charge is 0.261 e. The van der Waals surface area contributed by atoms with E-state index in [2.05, 4.69) is 10.2 Å². The molecule has 0 aromatic heterocycles. The Hall–Kier alpha value is -4.60. The Kier molecular flexibility index (Phi) is 9.39. The minimum atomic E-state index is -0.340. The average Bonchev–Trinajstić information content (AvgIpc) is 2.85. The molecule has 10 heteroatoms. The molecule has 34 heavy (non-hydrogen) atoms. The highest BCUT2D eigenvalue weighted by Gasteiger charge is 2.22. The third-order valence-corrected chi connectivity index (χ3v) is 4.27. The van der Waals surface area contributed by atoms with Gasteiger partial charge in [-0.1, -0.05) is 0 Å². The van der Waals surface area contributed by atoms with Gasteiger partial charge in [0.05, 0.1) is 40.8 Å². The molecule has 0 N–H and O–H groups in total. The van der Waals surface area contributed by atoms with E-state index < -0.39 is 0 Å². The van der Waals surface area contributed by atoms with Crippen molar-refractivity contribution < 1.29 is 38.1 Å². The molecule has 0 spiro atoms. The molecule has 3 rings (SSSR count). The van der Waals surface area contributed by atoms with Crippen molar-refractivity contribution in [1.29, 1.82) is 0 Å². The zero-order chi connectivity index (χ0) is 25.1. The van der Waals surface area contributed by atoms with Crippen molar-refractivity contribution in [3.8, 4) is 0 Å². The minimum Gasteiger partial charge on any atom is -0.492 e. The molecule has 0 amide bonds. The van der Waals surface area contributed by atoms with Gasteiger partial charge in [-0.3, -0.25) is 19.2 Å². The summed E-state index contributed by atoms with van der Waals surface area (Å²) >= 11 is 0. The first-order valence-electron chi connectivity index (χ1n) is 9.69. The molecule has 0 unspecified atom stereocenters. The van der Waals surface area contributed by atoms with Crippen LogP contribution in [0.4, 0.5) is 0 Å². The molecule has 0 aromatic rings. The van der Waals surface area contributed by atoms with E-state index in [-0.39, 0.29) is 46.2 Å². The second-order valence-electron chi connectivity index (χ2n) is 6.47. The van der Waals surface area contributed by atoms with Crippen LogP contribution in [0.25, 0.3) is 0 Å². The molecule has 0 heterocycles. The molecule has 0 aromatic carbocycles. The molecule has 0 aliphatic heterocycles. The largest absolute Gasteiger partial charge is 0.492 e. The Morgan fingerprint density at radius 1 is 0.529 bits per heavy atom. The number of methoxy groups -OCH3 is 4. The Balaban J connectivity index is 0.000000430. The van der Waals surface area contributed by atoms with Crippen molar-refractivity contribution in [1.82, 2.24) is 0 Å². The van der Waals surface area contributed by atoms with Crippen molar-refractivity contribution >= 4 is 23.1 Å². The lowest BCUT2D eigenvalue weighted by Crippen LogP contribution is -2.13. The zero-order valence-electron chi connectivity index (χ0n) is 18.9. The first kappa shape index (κ1) is 25.7. The number of hydrogen-bond acceptors (Lipinski definition) is 10. The fourth-order valence-corrected chi connectivity index (χ4v) is 2.59. The molecule has 10 nitrogen and oxygen atoms in total. The van der Waals surface area contributed by atoms with Gasteiger partial charge in [0.15, 0.2) is 34.6 Å². The summed E-state index contributed by atoms with van der Waals surface area (Å²) in [6.45, 7) is 0. The van der Waals surface area contributed by atoms with E-state index in [0.717, 1.165) is 0 Å². The van der Waals surface area contributed by atoms with Crippen LogP contribution in [-0.2, 0) is 38.1 Å². The van der Waals surface area contributed by atoms with Crippen LogP contribution in [0, 0.1) is 0 Å². The molecule has 3 aliphatic carbocycles. The number of rotatable bonds is 6. The number of hydrogen-bond donors (Lipinski definition) is 0. The molecule has 0 radical (unpaired) electrons. The highest BCUT2D eigenvalue weighted by atomic mass is 16.5. The summed E-state index contributed by atoms with van der Waals surface area (Å²) in [7, 11) is 5.59. The number of carbonyl (C=O) groups is 4. The van der Waals surface area contributed by atoms with Gasteiger partial charge in [-0.2, -0.15) is 10.2 Å². The molecule has 0 saturated carbocycles. The fraction of sp³-hybridized carbons (Fsp3) is 0.167. The number of allylic oxidation sites excluding steroid dienone is 10. The quantitative estimate of drug-likeness (QED) is 0.431. The van der Waals surface area contributed by atoms with Gasteiger partial charge in [0, 0.05) is 11.1 Å². The Morgan fingerprint density at radius 2 is 0.794 bits per heavy atom. The van der Waals surface area contributed by atoms with Crippen LogP contribution in [0.5, 0.6) is 0 Å². The second-order valence-corrected chi connectivity index (χ2v) is 6.47. The summed E-state index contributed by atoms with van der Waals surface area (Å²) in [6.07, 6.45) is 14.0. The van der Waals surface area contributed by atoms with Crippen LogP contribution in [0.3, 0.4) is 0 Å². The fourth-order valence-electron chi connectivity index (χ4n) is 2.59. The summed E-state index contributed by atoms with van der Waals surface area (Å²) < 4.78 is 20.1. The molecule has 0 atom stereocenters. The lowest BCUT2D eigenvalue weighted by atomic mass is 10.1. The Morgan fingerprint density at radius 3 is 1.03 bits per heavy atom. The second kappa shape index (κ2) is 12.4. The van der Waals surface area contributed by atoms with Gasteiger partial charge in [-0.05, 0) is 48.6 Å². The maximum Gasteiger partial charge on any atom is 0.261 e. The van der Waals surface area contributed by atoms with Crippen molar-refractivity contribution in [3.05, 3.63) is 95.2 Å². The molecule has 176 valence electrons. The Labute approximate surface area is 195 Å². The molecule has 0 bridgehead atoms. The summed E-state index contributed by atoms with van der Waals surface area (Å²) in [6, 6.07) is 0. The highest BCUT2D eigenvalue weighted by molar-refractivity contribution is 6.14. The summed E-state index contributed by atoms with van der Waals surface area (Å²) in [5.41, 5.74) is 1.17. The van der Waals surface area contributed by atoms with Crippen molar-refractivity contribution in [3.63, 3.8) is 0 Å². The van der Waals surface area contributed by atoms with Gasteiger partial charge < -0.3 is 18.9 Å². The minimum absolute atomic E-state index is 0.121. The van der Waals surface area contributed by atoms with Gasteiger partial charge in [-0.25, -0.2) is 0 Å². The summed E-state index contributed by atoms with van der Waals surface area (Å²) in [4.78, 5) is 44.3. The van der Waals surface area contributed by atoms with E-state index in [1.165, 1.54) is 89.4 Å². The zero-order valence-corrected chi connectivity index (χ0v) is 18.9. The molecule has 3 aliphatic rings. The van der Waals surface area contributed by atoms with Gasteiger partial charge in [-0.15, -0.1) is 0 Å². The summed E-state index contributed by atoms with van der Waals surface area (Å²) in [5.74, 6) is -0.328. The Bertz CT molecular complexity index is 999. The van der Waals surface area contributed by atoms with Crippen LogP contribution in [-0.4, -0.2) is 51.6 Å². The van der Waals surface area contributed by atoms with Gasteiger partial charge in [0.25, 0.3) is 11.6 Å². The lowest BCUT2D eigenvalue weighted by Gasteiger charge is -2.13. The predicted molar refractivity (Wildman–Crippen MR) is 120 cm³/mol. The SMILES string of the molecule is COC1=CC(=CN=NC=C2C=C(OC)C(=O)C(OC)=C2)C=C(OC)C1=O.O=C1C=CC(=O)C=C1. The number of nitrogens with zero attached hydrogens (tertiary/aromatic N) is 2. The van der Waals surface area contributed by atoms with E-state index in [1.807, 2.05) is 0 Å². The van der Waals surface area contributed by atoms with Crippen molar-refractivity contribution in [2.75, 3.05) is 28.4 Å². The first-order valence-corrected chi connectivity index (χ1v) is 9.69. The third-order valence-electron chi connectivity index (χ3n) is 4.27. The van der Waals surface area contributed by atoms with Crippen LogP contribution in [0.2, 0.25) is 0 Å². The molecular weight excluding hydrogens is 444 g/mol. The molecule has 0 saturated heterocycles. The maximum absolute atomic E-state index is 11.9. The number of azo groups is 1. The molecule has 0 fully saturated rings. The highest BCUT2D eigenvalue weighted by Crippen LogP contribution is 2.21. The topological polar surface area (TPSA) is 130 Å². The van der Waals surface area contributed by atoms with Crippen LogP contribution < -0.4 is 0 Å². The normalized spacial score (nSPS) is 17.3. The van der Waals surface area contributed by atoms with E-state index in [9.17, 15) is 19.2 Å². The van der Waals surface area contributed by atoms with E-state index >= 15 is 0 Å². The standard InChI is InChI=1S/C18H18N2O6.C6H4O2/c1-23-13-5-11(6-14(24-2)17(13)21)9-19-20-10-12-7-15(25-3)18(22)16(8-12)26-4;7-5-1-2-6(8)4-3-5/h5-10H,1-4H3;1-4H. The van der Waals surface area contributed by atoms with Gasteiger partial charge in [0.1, 0.15) is 0 Å². The lowest BCUT2D eigenvalue weighted by molar-refractivity contribution is -0.118. The van der Waals surface area contributed by atoms with Crippen LogP contribution >= 0.6 is 0 Å². The number of Topliss-reactive ketones (excluding diaryl/α,β-unsaturated/α-hetero) is 2. The third kappa shape index (κ3) is 6.95. The maximum atomic E-state index is 11.9.